The Morgan fingerprint density at radius 1 is 1.60 bits per heavy atom. The number of rotatable bonds is 6. The lowest BCUT2D eigenvalue weighted by Crippen LogP contribution is -2.43. The molecule has 1 aromatic rings. The van der Waals surface area contributed by atoms with E-state index in [1.807, 2.05) is 0 Å². The molecule has 1 saturated heterocycles. The normalized spacial score (nSPS) is 16.6. The van der Waals surface area contributed by atoms with E-state index in [9.17, 15) is 4.79 Å². The van der Waals surface area contributed by atoms with Gasteiger partial charge < -0.3 is 9.84 Å². The highest BCUT2D eigenvalue weighted by molar-refractivity contribution is 5.91. The average Bonchev–Trinajstić information content (AvgIpc) is 2.95. The number of amides is 1. The number of aromatic nitrogens is 1. The van der Waals surface area contributed by atoms with Crippen LogP contribution in [0, 0.1) is 0 Å². The molecule has 112 valence electrons. The van der Waals surface area contributed by atoms with Crippen LogP contribution in [0.25, 0.3) is 0 Å². The second kappa shape index (κ2) is 7.37. The molecule has 0 atom stereocenters. The van der Waals surface area contributed by atoms with Gasteiger partial charge in [0.1, 0.15) is 0 Å². The second-order valence-corrected chi connectivity index (χ2v) is 5.10. The topological polar surface area (TPSA) is 96.4 Å². The summed E-state index contributed by atoms with van der Waals surface area (Å²) >= 11 is 0. The van der Waals surface area contributed by atoms with Crippen molar-refractivity contribution < 1.29 is 9.32 Å². The standard InChI is InChI=1S/C13H23N5O2/c1-2-7-18(10-3-5-15-6-4-10)9-11-8-12(17-20-11)13(19)16-14/h8,10,15H,2-7,9,14H2,1H3,(H,16,19). The predicted molar refractivity (Wildman–Crippen MR) is 74.7 cm³/mol. The van der Waals surface area contributed by atoms with Crippen LogP contribution in [-0.2, 0) is 6.54 Å². The summed E-state index contributed by atoms with van der Waals surface area (Å²) in [5.74, 6) is 5.36. The number of hydrazine groups is 1. The highest BCUT2D eigenvalue weighted by Crippen LogP contribution is 2.16. The Balaban J connectivity index is 1.99. The molecule has 20 heavy (non-hydrogen) atoms. The van der Waals surface area contributed by atoms with E-state index in [0.717, 1.165) is 38.9 Å². The molecule has 2 heterocycles. The highest BCUT2D eigenvalue weighted by Gasteiger charge is 2.22. The van der Waals surface area contributed by atoms with Crippen LogP contribution < -0.4 is 16.6 Å². The van der Waals surface area contributed by atoms with Gasteiger partial charge in [0.05, 0.1) is 6.54 Å². The van der Waals surface area contributed by atoms with Crippen molar-refractivity contribution in [2.75, 3.05) is 19.6 Å². The molecular weight excluding hydrogens is 258 g/mol. The summed E-state index contributed by atoms with van der Waals surface area (Å²) in [6, 6.07) is 2.22. The van der Waals surface area contributed by atoms with Crippen LogP contribution in [-0.4, -0.2) is 41.6 Å². The van der Waals surface area contributed by atoms with Gasteiger partial charge in [0, 0.05) is 12.1 Å². The summed E-state index contributed by atoms with van der Waals surface area (Å²) < 4.78 is 5.23. The maximum atomic E-state index is 11.4. The molecule has 1 fully saturated rings. The summed E-state index contributed by atoms with van der Waals surface area (Å²) in [5.41, 5.74) is 2.28. The third-order valence-corrected chi connectivity index (χ3v) is 3.62. The quantitative estimate of drug-likeness (QED) is 0.393. The molecule has 0 saturated carbocycles. The molecule has 0 radical (unpaired) electrons. The number of carbonyl (C=O) groups excluding carboxylic acids is 1. The molecule has 1 amide bonds. The lowest BCUT2D eigenvalue weighted by atomic mass is 10.0. The number of hydrogen-bond acceptors (Lipinski definition) is 6. The van der Waals surface area contributed by atoms with Crippen LogP contribution in [0.2, 0.25) is 0 Å². The van der Waals surface area contributed by atoms with E-state index in [1.165, 1.54) is 0 Å². The van der Waals surface area contributed by atoms with Gasteiger partial charge in [-0.2, -0.15) is 0 Å². The number of nitrogens with one attached hydrogen (secondary N) is 2. The zero-order valence-corrected chi connectivity index (χ0v) is 11.9. The fourth-order valence-electron chi connectivity index (χ4n) is 2.62. The Bertz CT molecular complexity index is 428. The molecule has 0 aliphatic carbocycles. The minimum Gasteiger partial charge on any atom is -0.359 e. The minimum atomic E-state index is -0.427. The van der Waals surface area contributed by atoms with E-state index in [4.69, 9.17) is 10.4 Å². The maximum absolute atomic E-state index is 11.4. The van der Waals surface area contributed by atoms with Crippen LogP contribution in [0.4, 0.5) is 0 Å². The number of nitrogens with zero attached hydrogens (tertiary/aromatic N) is 2. The molecule has 0 aromatic carbocycles. The smallest absolute Gasteiger partial charge is 0.287 e. The van der Waals surface area contributed by atoms with Gasteiger partial charge in [-0.25, -0.2) is 5.84 Å². The zero-order chi connectivity index (χ0) is 14.4. The van der Waals surface area contributed by atoms with E-state index >= 15 is 0 Å². The summed E-state index contributed by atoms with van der Waals surface area (Å²) in [6.07, 6.45) is 3.38. The van der Waals surface area contributed by atoms with Gasteiger partial charge >= 0.3 is 0 Å². The lowest BCUT2D eigenvalue weighted by molar-refractivity contribution is 0.0944. The number of nitrogens with two attached hydrogens (primary N) is 1. The first-order chi connectivity index (χ1) is 9.74. The molecule has 0 unspecified atom stereocenters. The molecule has 1 aliphatic rings. The van der Waals surface area contributed by atoms with Crippen LogP contribution in [0.5, 0.6) is 0 Å². The zero-order valence-electron chi connectivity index (χ0n) is 11.9. The third-order valence-electron chi connectivity index (χ3n) is 3.62. The van der Waals surface area contributed by atoms with Crippen LogP contribution in [0.1, 0.15) is 42.4 Å². The first-order valence-electron chi connectivity index (χ1n) is 7.16. The molecule has 7 heteroatoms. The van der Waals surface area contributed by atoms with Crippen molar-refractivity contribution in [1.82, 2.24) is 20.8 Å². The van der Waals surface area contributed by atoms with Gasteiger partial charge in [-0.05, 0) is 38.9 Å². The van der Waals surface area contributed by atoms with Gasteiger partial charge in [-0.1, -0.05) is 12.1 Å². The van der Waals surface area contributed by atoms with Gasteiger partial charge in [-0.15, -0.1) is 0 Å². The highest BCUT2D eigenvalue weighted by atomic mass is 16.5. The average molecular weight is 281 g/mol. The van der Waals surface area contributed by atoms with Gasteiger partial charge in [0.15, 0.2) is 11.5 Å². The summed E-state index contributed by atoms with van der Waals surface area (Å²) in [6.45, 7) is 5.99. The Morgan fingerprint density at radius 3 is 3.00 bits per heavy atom. The molecule has 1 aliphatic heterocycles. The van der Waals surface area contributed by atoms with Gasteiger partial charge in [0.2, 0.25) is 0 Å². The Morgan fingerprint density at radius 2 is 2.35 bits per heavy atom. The molecule has 0 spiro atoms. The number of piperidine rings is 1. The number of carbonyl (C=O) groups is 1. The first-order valence-corrected chi connectivity index (χ1v) is 7.16. The molecule has 2 rings (SSSR count). The summed E-state index contributed by atoms with van der Waals surface area (Å²) in [5, 5.41) is 7.11. The van der Waals surface area contributed by atoms with Gasteiger partial charge in [0.25, 0.3) is 5.91 Å². The van der Waals surface area contributed by atoms with E-state index in [-0.39, 0.29) is 5.69 Å². The maximum Gasteiger partial charge on any atom is 0.287 e. The summed E-state index contributed by atoms with van der Waals surface area (Å²) in [7, 11) is 0. The molecule has 4 N–H and O–H groups in total. The van der Waals surface area contributed by atoms with Crippen molar-refractivity contribution >= 4 is 5.91 Å². The molecule has 1 aromatic heterocycles. The molecule has 0 bridgehead atoms. The minimum absolute atomic E-state index is 0.226. The number of nitrogen functional groups attached to an aromatic ring is 1. The molecule has 7 nitrogen and oxygen atoms in total. The van der Waals surface area contributed by atoms with E-state index in [2.05, 4.69) is 27.7 Å². The van der Waals surface area contributed by atoms with Crippen molar-refractivity contribution in [3.05, 3.63) is 17.5 Å². The lowest BCUT2D eigenvalue weighted by Gasteiger charge is -2.33. The predicted octanol–water partition coefficient (Wildman–Crippen LogP) is 0.242. The van der Waals surface area contributed by atoms with Crippen LogP contribution >= 0.6 is 0 Å². The van der Waals surface area contributed by atoms with E-state index in [0.29, 0.717) is 18.3 Å². The SMILES string of the molecule is CCCN(Cc1cc(C(=O)NN)no1)C1CCNCC1. The Hall–Kier alpha value is -1.44. The van der Waals surface area contributed by atoms with Crippen molar-refractivity contribution in [2.24, 2.45) is 5.84 Å². The Kier molecular flexibility index (Phi) is 5.51. The molecular formula is C13H23N5O2. The first kappa shape index (κ1) is 15.0. The van der Waals surface area contributed by atoms with Crippen LogP contribution in [0.3, 0.4) is 0 Å². The fourth-order valence-corrected chi connectivity index (χ4v) is 2.62. The van der Waals surface area contributed by atoms with Crippen molar-refractivity contribution in [1.29, 1.82) is 0 Å². The van der Waals surface area contributed by atoms with Crippen molar-refractivity contribution in [3.8, 4) is 0 Å². The van der Waals surface area contributed by atoms with E-state index < -0.39 is 5.91 Å². The largest absolute Gasteiger partial charge is 0.359 e. The second-order valence-electron chi connectivity index (χ2n) is 5.10. The summed E-state index contributed by atoms with van der Waals surface area (Å²) in [4.78, 5) is 13.8. The monoisotopic (exact) mass is 281 g/mol. The van der Waals surface area contributed by atoms with Crippen LogP contribution in [0.15, 0.2) is 10.6 Å². The third kappa shape index (κ3) is 3.78. The Labute approximate surface area is 118 Å². The fraction of sp³-hybridized carbons (Fsp3) is 0.692. The number of hydrogen-bond donors (Lipinski definition) is 3. The van der Waals surface area contributed by atoms with Crippen molar-refractivity contribution in [2.45, 2.75) is 38.8 Å². The van der Waals surface area contributed by atoms with Gasteiger partial charge in [-0.3, -0.25) is 15.1 Å². The van der Waals surface area contributed by atoms with E-state index in [1.54, 1.807) is 6.07 Å². The van der Waals surface area contributed by atoms with Crippen molar-refractivity contribution in [3.63, 3.8) is 0 Å².